The van der Waals surface area contributed by atoms with Crippen LogP contribution in [0.25, 0.3) is 11.0 Å². The van der Waals surface area contributed by atoms with Crippen molar-refractivity contribution in [3.05, 3.63) is 94.4 Å². The van der Waals surface area contributed by atoms with E-state index in [-0.39, 0.29) is 17.3 Å². The lowest BCUT2D eigenvalue weighted by molar-refractivity contribution is 0.0952. The van der Waals surface area contributed by atoms with Crippen LogP contribution in [0.4, 0.5) is 4.39 Å². The summed E-state index contributed by atoms with van der Waals surface area (Å²) in [5.74, 6) is -0.494. The van der Waals surface area contributed by atoms with Crippen LogP contribution in [-0.2, 0) is 13.1 Å². The van der Waals surface area contributed by atoms with E-state index in [9.17, 15) is 14.0 Å². The summed E-state index contributed by atoms with van der Waals surface area (Å²) in [5, 5.41) is 7.44. The number of benzene rings is 2. The summed E-state index contributed by atoms with van der Waals surface area (Å²) in [5.41, 5.74) is 1.61. The maximum absolute atomic E-state index is 13.0. The van der Waals surface area contributed by atoms with Gasteiger partial charge in [-0.15, -0.1) is 0 Å². The number of hydrogen-bond acceptors (Lipinski definition) is 4. The third-order valence-corrected chi connectivity index (χ3v) is 4.53. The first kappa shape index (κ1) is 18.5. The van der Waals surface area contributed by atoms with E-state index >= 15 is 0 Å². The smallest absolute Gasteiger partial charge is 0.264 e. The fourth-order valence-electron chi connectivity index (χ4n) is 3.03. The molecule has 1 N–H and O–H groups in total. The normalized spacial score (nSPS) is 10.9. The number of carbonyl (C=O) groups excluding carboxylic acids is 1. The molecular weight excluding hydrogens is 373 g/mol. The molecule has 4 aromatic rings. The van der Waals surface area contributed by atoms with Crippen LogP contribution in [0, 0.1) is 5.82 Å². The minimum absolute atomic E-state index is 0.170. The summed E-state index contributed by atoms with van der Waals surface area (Å²) in [4.78, 5) is 29.2. The number of nitrogens with one attached hydrogen (secondary N) is 1. The van der Waals surface area contributed by atoms with Crippen molar-refractivity contribution < 1.29 is 9.18 Å². The third-order valence-electron chi connectivity index (χ3n) is 4.53. The van der Waals surface area contributed by atoms with Crippen LogP contribution in [0.1, 0.15) is 15.9 Å². The van der Waals surface area contributed by atoms with Gasteiger partial charge in [-0.25, -0.2) is 14.1 Å². The average molecular weight is 391 g/mol. The van der Waals surface area contributed by atoms with Crippen molar-refractivity contribution in [2.45, 2.75) is 13.1 Å². The molecule has 0 bridgehead atoms. The lowest BCUT2D eigenvalue weighted by Gasteiger charge is -2.07. The second kappa shape index (κ2) is 8.05. The van der Waals surface area contributed by atoms with Crippen molar-refractivity contribution >= 4 is 16.9 Å². The van der Waals surface area contributed by atoms with Crippen LogP contribution in [0.3, 0.4) is 0 Å². The first-order valence-corrected chi connectivity index (χ1v) is 9.10. The Kier molecular flexibility index (Phi) is 5.15. The number of carbonyl (C=O) groups is 1. The molecular formula is C21H18FN5O2. The van der Waals surface area contributed by atoms with E-state index in [1.165, 1.54) is 29.2 Å². The van der Waals surface area contributed by atoms with Crippen LogP contribution >= 0.6 is 0 Å². The zero-order chi connectivity index (χ0) is 20.2. The molecule has 0 aliphatic carbocycles. The lowest BCUT2D eigenvalue weighted by atomic mass is 10.2. The van der Waals surface area contributed by atoms with E-state index in [1.807, 2.05) is 6.07 Å². The van der Waals surface area contributed by atoms with Gasteiger partial charge >= 0.3 is 0 Å². The molecule has 4 rings (SSSR count). The molecule has 0 saturated heterocycles. The highest BCUT2D eigenvalue weighted by Gasteiger charge is 2.11. The van der Waals surface area contributed by atoms with Crippen LogP contribution in [-0.4, -0.2) is 31.8 Å². The van der Waals surface area contributed by atoms with Crippen LogP contribution in [0.15, 0.2) is 71.9 Å². The second-order valence-corrected chi connectivity index (χ2v) is 6.53. The van der Waals surface area contributed by atoms with Crippen molar-refractivity contribution in [2.24, 2.45) is 0 Å². The Hall–Kier alpha value is -3.81. The molecule has 29 heavy (non-hydrogen) atoms. The van der Waals surface area contributed by atoms with E-state index < -0.39 is 0 Å². The lowest BCUT2D eigenvalue weighted by Crippen LogP contribution is -2.27. The molecule has 146 valence electrons. The van der Waals surface area contributed by atoms with Gasteiger partial charge in [0.05, 0.1) is 19.3 Å². The maximum Gasteiger partial charge on any atom is 0.264 e. The maximum atomic E-state index is 13.0. The first-order chi connectivity index (χ1) is 14.1. The zero-order valence-corrected chi connectivity index (χ0v) is 15.5. The monoisotopic (exact) mass is 391 g/mol. The van der Waals surface area contributed by atoms with E-state index in [0.717, 1.165) is 5.56 Å². The van der Waals surface area contributed by atoms with Gasteiger partial charge in [0.15, 0.2) is 5.65 Å². The van der Waals surface area contributed by atoms with Gasteiger partial charge in [-0.2, -0.15) is 5.10 Å². The zero-order valence-electron chi connectivity index (χ0n) is 15.5. The fraction of sp³-hybridized carbons (Fsp3) is 0.143. The first-order valence-electron chi connectivity index (χ1n) is 9.10. The van der Waals surface area contributed by atoms with Gasteiger partial charge in [-0.3, -0.25) is 14.2 Å². The molecule has 2 aromatic heterocycles. The Morgan fingerprint density at radius 1 is 1.07 bits per heavy atom. The number of hydrogen-bond donors (Lipinski definition) is 1. The second-order valence-electron chi connectivity index (χ2n) is 6.53. The molecule has 0 atom stereocenters. The van der Waals surface area contributed by atoms with E-state index in [0.29, 0.717) is 36.2 Å². The minimum atomic E-state index is -0.324. The Labute approximate surface area is 165 Å². The highest BCUT2D eigenvalue weighted by atomic mass is 19.1. The summed E-state index contributed by atoms with van der Waals surface area (Å²) in [6.07, 6.45) is 2.93. The van der Waals surface area contributed by atoms with Gasteiger partial charge < -0.3 is 5.32 Å². The molecule has 7 nitrogen and oxygen atoms in total. The van der Waals surface area contributed by atoms with Gasteiger partial charge in [-0.05, 0) is 29.8 Å². The number of aromatic nitrogens is 4. The highest BCUT2D eigenvalue weighted by Crippen LogP contribution is 2.08. The molecule has 0 spiro atoms. The summed E-state index contributed by atoms with van der Waals surface area (Å²) >= 11 is 0. The minimum Gasteiger partial charge on any atom is -0.350 e. The quantitative estimate of drug-likeness (QED) is 0.546. The van der Waals surface area contributed by atoms with Crippen LogP contribution < -0.4 is 10.9 Å². The molecule has 0 aliphatic heterocycles. The molecule has 0 fully saturated rings. The van der Waals surface area contributed by atoms with Crippen molar-refractivity contribution in [3.63, 3.8) is 0 Å². The van der Waals surface area contributed by atoms with Crippen molar-refractivity contribution in [1.82, 2.24) is 24.6 Å². The number of nitrogens with zero attached hydrogens (tertiary/aromatic N) is 4. The Bertz CT molecular complexity index is 1200. The summed E-state index contributed by atoms with van der Waals surface area (Å²) in [6.45, 7) is 1.03. The van der Waals surface area contributed by atoms with E-state index in [2.05, 4.69) is 15.4 Å². The van der Waals surface area contributed by atoms with Crippen molar-refractivity contribution in [3.8, 4) is 0 Å². The summed E-state index contributed by atoms with van der Waals surface area (Å²) in [7, 11) is 0. The van der Waals surface area contributed by atoms with Crippen molar-refractivity contribution in [1.29, 1.82) is 0 Å². The number of fused-ring (bicyclic) bond motifs is 1. The standard InChI is InChI=1S/C21H18FN5O2/c22-17-8-6-15(7-9-17)13-26-14-24-19-18(21(26)29)12-25-27(19)11-10-23-20(28)16-4-2-1-3-5-16/h1-9,12,14H,10-11,13H2,(H,23,28). The van der Waals surface area contributed by atoms with Crippen molar-refractivity contribution in [2.75, 3.05) is 6.54 Å². The molecule has 2 heterocycles. The van der Waals surface area contributed by atoms with Gasteiger partial charge in [0, 0.05) is 12.1 Å². The fourth-order valence-corrected chi connectivity index (χ4v) is 3.03. The van der Waals surface area contributed by atoms with Gasteiger partial charge in [0.2, 0.25) is 0 Å². The number of halogens is 1. The number of amides is 1. The number of rotatable bonds is 6. The highest BCUT2D eigenvalue weighted by molar-refractivity contribution is 5.94. The molecule has 2 aromatic carbocycles. The predicted molar refractivity (Wildman–Crippen MR) is 106 cm³/mol. The van der Waals surface area contributed by atoms with Crippen LogP contribution in [0.2, 0.25) is 0 Å². The van der Waals surface area contributed by atoms with Gasteiger partial charge in [0.1, 0.15) is 17.5 Å². The van der Waals surface area contributed by atoms with Gasteiger partial charge in [0.25, 0.3) is 11.5 Å². The molecule has 0 saturated carbocycles. The molecule has 0 radical (unpaired) electrons. The summed E-state index contributed by atoms with van der Waals surface area (Å²) in [6, 6.07) is 14.9. The largest absolute Gasteiger partial charge is 0.350 e. The van der Waals surface area contributed by atoms with Crippen LogP contribution in [0.5, 0.6) is 0 Å². The predicted octanol–water partition coefficient (Wildman–Crippen LogP) is 2.21. The molecule has 1 amide bonds. The Morgan fingerprint density at radius 3 is 2.59 bits per heavy atom. The third kappa shape index (κ3) is 4.06. The molecule has 0 unspecified atom stereocenters. The SMILES string of the molecule is O=C(NCCn1ncc2c(=O)n(Cc3ccc(F)cc3)cnc21)c1ccccc1. The average Bonchev–Trinajstić information content (AvgIpc) is 3.16. The molecule has 0 aliphatic rings. The van der Waals surface area contributed by atoms with E-state index in [1.54, 1.807) is 41.1 Å². The van der Waals surface area contributed by atoms with E-state index in [4.69, 9.17) is 0 Å². The summed E-state index contributed by atoms with van der Waals surface area (Å²) < 4.78 is 16.1. The Balaban J connectivity index is 1.46. The molecule has 8 heteroatoms. The van der Waals surface area contributed by atoms with Gasteiger partial charge in [-0.1, -0.05) is 30.3 Å². The topological polar surface area (TPSA) is 81.8 Å². The Morgan fingerprint density at radius 2 is 1.83 bits per heavy atom.